The van der Waals surface area contributed by atoms with Gasteiger partial charge in [0.2, 0.25) is 0 Å². The fourth-order valence-electron chi connectivity index (χ4n) is 2.12. The minimum Gasteiger partial charge on any atom is -0.347 e. The first kappa shape index (κ1) is 15.3. The van der Waals surface area contributed by atoms with E-state index in [-0.39, 0.29) is 5.91 Å². The Labute approximate surface area is 141 Å². The van der Waals surface area contributed by atoms with Crippen LogP contribution < -0.4 is 5.32 Å². The summed E-state index contributed by atoms with van der Waals surface area (Å²) in [5.74, 6) is -0.188. The number of hydrogen-bond acceptors (Lipinski definition) is 3. The maximum atomic E-state index is 12.3. The number of aryl methyl sites for hydroxylation is 1. The maximum Gasteiger partial charge on any atom is 0.263 e. The number of rotatable bonds is 4. The van der Waals surface area contributed by atoms with E-state index in [9.17, 15) is 4.79 Å². The van der Waals surface area contributed by atoms with Crippen molar-refractivity contribution in [2.45, 2.75) is 20.0 Å². The lowest BCUT2D eigenvalue weighted by Crippen LogP contribution is -2.21. The van der Waals surface area contributed by atoms with E-state index in [0.29, 0.717) is 21.5 Å². The summed E-state index contributed by atoms with van der Waals surface area (Å²) < 4.78 is 2.72. The zero-order valence-electron chi connectivity index (χ0n) is 11.8. The third kappa shape index (κ3) is 2.97. The van der Waals surface area contributed by atoms with Crippen LogP contribution in [-0.2, 0) is 13.1 Å². The molecule has 3 rings (SSSR count). The van der Waals surface area contributed by atoms with E-state index in [1.54, 1.807) is 12.3 Å². The molecular weight excluding hydrogens is 341 g/mol. The molecule has 1 N–H and O–H groups in total. The molecule has 0 aliphatic carbocycles. The summed E-state index contributed by atoms with van der Waals surface area (Å²) in [6, 6.07) is 5.41. The van der Waals surface area contributed by atoms with Crippen molar-refractivity contribution in [3.63, 3.8) is 0 Å². The largest absolute Gasteiger partial charge is 0.347 e. The average molecular weight is 354 g/mol. The standard InChI is InChI=1S/C15H13Cl2N3OS/c1-2-20-8-9(7-19-20)6-18-15(21)14-13(17)11-4-3-10(16)5-12(11)22-14/h3-5,7-8H,2,6H2,1H3,(H,18,21). The molecule has 0 spiro atoms. The van der Waals surface area contributed by atoms with E-state index < -0.39 is 0 Å². The second-order valence-corrected chi connectivity index (χ2v) is 6.64. The lowest BCUT2D eigenvalue weighted by Gasteiger charge is -2.01. The van der Waals surface area contributed by atoms with Crippen molar-refractivity contribution >= 4 is 50.5 Å². The Balaban J connectivity index is 1.78. The molecule has 0 aliphatic rings. The summed E-state index contributed by atoms with van der Waals surface area (Å²) in [5, 5.41) is 8.99. The molecule has 4 nitrogen and oxygen atoms in total. The minimum absolute atomic E-state index is 0.188. The van der Waals surface area contributed by atoms with E-state index in [2.05, 4.69) is 10.4 Å². The van der Waals surface area contributed by atoms with E-state index in [1.807, 2.05) is 29.9 Å². The molecule has 114 valence electrons. The fourth-order valence-corrected chi connectivity index (χ4v) is 3.83. The first-order valence-electron chi connectivity index (χ1n) is 6.75. The van der Waals surface area contributed by atoms with Gasteiger partial charge in [0, 0.05) is 40.0 Å². The number of nitrogens with zero attached hydrogens (tertiary/aromatic N) is 2. The SMILES string of the molecule is CCn1cc(CNC(=O)c2sc3cc(Cl)ccc3c2Cl)cn1. The summed E-state index contributed by atoms with van der Waals surface area (Å²) in [4.78, 5) is 12.8. The van der Waals surface area contributed by atoms with Gasteiger partial charge in [0.05, 0.1) is 11.2 Å². The number of aromatic nitrogens is 2. The van der Waals surface area contributed by atoms with Gasteiger partial charge >= 0.3 is 0 Å². The molecule has 2 heterocycles. The van der Waals surface area contributed by atoms with Crippen molar-refractivity contribution in [3.8, 4) is 0 Å². The highest BCUT2D eigenvalue weighted by molar-refractivity contribution is 7.21. The number of halogens is 2. The number of thiophene rings is 1. The van der Waals surface area contributed by atoms with Gasteiger partial charge in [-0.1, -0.05) is 29.3 Å². The van der Waals surface area contributed by atoms with Crippen LogP contribution in [0.25, 0.3) is 10.1 Å². The van der Waals surface area contributed by atoms with Gasteiger partial charge < -0.3 is 5.32 Å². The second kappa shape index (κ2) is 6.28. The number of benzene rings is 1. The number of carbonyl (C=O) groups excluding carboxylic acids is 1. The Kier molecular flexibility index (Phi) is 4.38. The Morgan fingerprint density at radius 1 is 1.41 bits per heavy atom. The maximum absolute atomic E-state index is 12.3. The normalized spacial score (nSPS) is 11.0. The summed E-state index contributed by atoms with van der Waals surface area (Å²) in [7, 11) is 0. The summed E-state index contributed by atoms with van der Waals surface area (Å²) >= 11 is 13.6. The zero-order chi connectivity index (χ0) is 15.7. The van der Waals surface area contributed by atoms with E-state index in [0.717, 1.165) is 22.2 Å². The number of hydrogen-bond donors (Lipinski definition) is 1. The summed E-state index contributed by atoms with van der Waals surface area (Å²) in [6.07, 6.45) is 3.66. The van der Waals surface area contributed by atoms with Crippen molar-refractivity contribution in [1.29, 1.82) is 0 Å². The molecule has 1 aromatic carbocycles. The highest BCUT2D eigenvalue weighted by atomic mass is 35.5. The smallest absolute Gasteiger partial charge is 0.263 e. The first-order chi connectivity index (χ1) is 10.6. The van der Waals surface area contributed by atoms with Crippen LogP contribution in [0, 0.1) is 0 Å². The number of fused-ring (bicyclic) bond motifs is 1. The molecule has 1 amide bonds. The van der Waals surface area contributed by atoms with Crippen molar-refractivity contribution in [3.05, 3.63) is 51.1 Å². The lowest BCUT2D eigenvalue weighted by atomic mass is 10.2. The highest BCUT2D eigenvalue weighted by Crippen LogP contribution is 2.36. The number of nitrogens with one attached hydrogen (secondary N) is 1. The number of amides is 1. The highest BCUT2D eigenvalue weighted by Gasteiger charge is 2.17. The summed E-state index contributed by atoms with van der Waals surface area (Å²) in [6.45, 7) is 3.23. The van der Waals surface area contributed by atoms with Gasteiger partial charge in [0.25, 0.3) is 5.91 Å². The molecule has 0 radical (unpaired) electrons. The van der Waals surface area contributed by atoms with Crippen LogP contribution in [0.2, 0.25) is 10.0 Å². The van der Waals surface area contributed by atoms with Crippen LogP contribution in [0.15, 0.2) is 30.6 Å². The molecule has 0 saturated carbocycles. The van der Waals surface area contributed by atoms with Crippen molar-refractivity contribution in [2.24, 2.45) is 0 Å². The molecule has 0 saturated heterocycles. The van der Waals surface area contributed by atoms with Gasteiger partial charge in [-0.25, -0.2) is 0 Å². The Morgan fingerprint density at radius 2 is 2.23 bits per heavy atom. The van der Waals surface area contributed by atoms with Crippen molar-refractivity contribution < 1.29 is 4.79 Å². The topological polar surface area (TPSA) is 46.9 Å². The molecule has 0 aliphatic heterocycles. The molecule has 22 heavy (non-hydrogen) atoms. The van der Waals surface area contributed by atoms with Gasteiger partial charge in [-0.2, -0.15) is 5.10 Å². The van der Waals surface area contributed by atoms with Crippen LogP contribution in [0.5, 0.6) is 0 Å². The molecular formula is C15H13Cl2N3OS. The van der Waals surface area contributed by atoms with Crippen LogP contribution in [-0.4, -0.2) is 15.7 Å². The molecule has 3 aromatic rings. The molecule has 0 atom stereocenters. The lowest BCUT2D eigenvalue weighted by molar-refractivity contribution is 0.0955. The first-order valence-corrected chi connectivity index (χ1v) is 8.32. The van der Waals surface area contributed by atoms with E-state index in [4.69, 9.17) is 23.2 Å². The molecule has 0 fully saturated rings. The molecule has 7 heteroatoms. The van der Waals surface area contributed by atoms with Crippen LogP contribution >= 0.6 is 34.5 Å². The second-order valence-electron chi connectivity index (χ2n) is 4.77. The van der Waals surface area contributed by atoms with Crippen LogP contribution in [0.4, 0.5) is 0 Å². The van der Waals surface area contributed by atoms with Gasteiger partial charge in [-0.05, 0) is 19.1 Å². The molecule has 0 bridgehead atoms. The Hall–Kier alpha value is -1.56. The third-order valence-electron chi connectivity index (χ3n) is 3.26. The van der Waals surface area contributed by atoms with Crippen molar-refractivity contribution in [2.75, 3.05) is 0 Å². The van der Waals surface area contributed by atoms with Crippen LogP contribution in [0.3, 0.4) is 0 Å². The predicted molar refractivity (Wildman–Crippen MR) is 90.9 cm³/mol. The van der Waals surface area contributed by atoms with Crippen LogP contribution in [0.1, 0.15) is 22.2 Å². The third-order valence-corrected chi connectivity index (χ3v) is 5.15. The quantitative estimate of drug-likeness (QED) is 0.757. The number of carbonyl (C=O) groups is 1. The molecule has 0 unspecified atom stereocenters. The Morgan fingerprint density at radius 3 is 2.95 bits per heavy atom. The van der Waals surface area contributed by atoms with Gasteiger partial charge in [-0.15, -0.1) is 11.3 Å². The molecule has 2 aromatic heterocycles. The minimum atomic E-state index is -0.188. The van der Waals surface area contributed by atoms with E-state index in [1.165, 1.54) is 11.3 Å². The van der Waals surface area contributed by atoms with Gasteiger partial charge in [-0.3, -0.25) is 9.48 Å². The Bertz CT molecular complexity index is 841. The van der Waals surface area contributed by atoms with Gasteiger partial charge in [0.1, 0.15) is 4.88 Å². The zero-order valence-corrected chi connectivity index (χ0v) is 14.1. The van der Waals surface area contributed by atoms with Crippen molar-refractivity contribution in [1.82, 2.24) is 15.1 Å². The fraction of sp³-hybridized carbons (Fsp3) is 0.200. The monoisotopic (exact) mass is 353 g/mol. The average Bonchev–Trinajstić information content (AvgIpc) is 3.09. The summed E-state index contributed by atoms with van der Waals surface area (Å²) in [5.41, 5.74) is 0.954. The van der Waals surface area contributed by atoms with Gasteiger partial charge in [0.15, 0.2) is 0 Å². The predicted octanol–water partition coefficient (Wildman–Crippen LogP) is 4.35. The van der Waals surface area contributed by atoms with E-state index >= 15 is 0 Å².